The standard InChI is InChI=1S/C13H17BrO2/c1-8-7-11(5-6-12(8)16-4)9(2)13(14)10(3)15/h5-7,9,13H,1-4H3. The maximum Gasteiger partial charge on any atom is 0.144 e. The SMILES string of the molecule is COc1ccc(C(C)C(Br)C(C)=O)cc1C. The summed E-state index contributed by atoms with van der Waals surface area (Å²) >= 11 is 3.42. The molecule has 16 heavy (non-hydrogen) atoms. The molecule has 2 nitrogen and oxygen atoms in total. The quantitative estimate of drug-likeness (QED) is 0.792. The molecular formula is C13H17BrO2. The molecule has 1 rings (SSSR count). The minimum Gasteiger partial charge on any atom is -0.496 e. The van der Waals surface area contributed by atoms with Crippen molar-refractivity contribution in [1.29, 1.82) is 0 Å². The molecule has 3 heteroatoms. The van der Waals surface area contributed by atoms with Gasteiger partial charge in [0, 0.05) is 5.92 Å². The van der Waals surface area contributed by atoms with Gasteiger partial charge in [-0.25, -0.2) is 0 Å². The zero-order valence-corrected chi connectivity index (χ0v) is 11.7. The average molecular weight is 285 g/mol. The first kappa shape index (κ1) is 13.2. The molecule has 0 aliphatic carbocycles. The number of rotatable bonds is 4. The van der Waals surface area contributed by atoms with Crippen molar-refractivity contribution >= 4 is 21.7 Å². The summed E-state index contributed by atoms with van der Waals surface area (Å²) in [4.78, 5) is 11.2. The lowest BCUT2D eigenvalue weighted by atomic mass is 9.94. The molecular weight excluding hydrogens is 268 g/mol. The van der Waals surface area contributed by atoms with Crippen LogP contribution in [0.3, 0.4) is 0 Å². The molecule has 2 atom stereocenters. The molecule has 0 amide bonds. The maximum absolute atomic E-state index is 11.3. The zero-order chi connectivity index (χ0) is 12.3. The van der Waals surface area contributed by atoms with E-state index in [0.29, 0.717) is 0 Å². The van der Waals surface area contributed by atoms with Gasteiger partial charge in [-0.15, -0.1) is 0 Å². The van der Waals surface area contributed by atoms with Gasteiger partial charge in [-0.2, -0.15) is 0 Å². The number of carbonyl (C=O) groups excluding carboxylic acids is 1. The number of methoxy groups -OCH3 is 1. The second-order valence-corrected chi connectivity index (χ2v) is 5.02. The third-order valence-electron chi connectivity index (χ3n) is 2.77. The normalized spacial score (nSPS) is 14.3. The van der Waals surface area contributed by atoms with Crippen LogP contribution in [-0.2, 0) is 4.79 Å². The first-order chi connectivity index (χ1) is 7.47. The van der Waals surface area contributed by atoms with Crippen molar-refractivity contribution in [3.8, 4) is 5.75 Å². The van der Waals surface area contributed by atoms with Gasteiger partial charge in [0.05, 0.1) is 11.9 Å². The van der Waals surface area contributed by atoms with Gasteiger partial charge in [-0.3, -0.25) is 4.79 Å². The molecule has 0 radical (unpaired) electrons. The molecule has 1 aromatic rings. The van der Waals surface area contributed by atoms with Crippen LogP contribution in [0.4, 0.5) is 0 Å². The number of hydrogen-bond acceptors (Lipinski definition) is 2. The Balaban J connectivity index is 2.97. The van der Waals surface area contributed by atoms with Crippen LogP contribution < -0.4 is 4.74 Å². The lowest BCUT2D eigenvalue weighted by molar-refractivity contribution is -0.116. The average Bonchev–Trinajstić information content (AvgIpc) is 2.26. The highest BCUT2D eigenvalue weighted by molar-refractivity contribution is 9.10. The van der Waals surface area contributed by atoms with Gasteiger partial charge in [0.1, 0.15) is 11.5 Å². The molecule has 0 N–H and O–H groups in total. The molecule has 0 saturated carbocycles. The maximum atomic E-state index is 11.3. The Bertz CT molecular complexity index is 388. The molecule has 88 valence electrons. The van der Waals surface area contributed by atoms with Crippen LogP contribution in [0.25, 0.3) is 0 Å². The van der Waals surface area contributed by atoms with Crippen molar-refractivity contribution in [3.63, 3.8) is 0 Å². The van der Waals surface area contributed by atoms with Gasteiger partial charge in [-0.1, -0.05) is 35.0 Å². The van der Waals surface area contributed by atoms with Crippen molar-refractivity contribution < 1.29 is 9.53 Å². The summed E-state index contributed by atoms with van der Waals surface area (Å²) in [6.45, 7) is 5.65. The summed E-state index contributed by atoms with van der Waals surface area (Å²) in [6, 6.07) is 6.02. The van der Waals surface area contributed by atoms with Crippen LogP contribution in [0, 0.1) is 6.92 Å². The number of hydrogen-bond donors (Lipinski definition) is 0. The molecule has 0 bridgehead atoms. The summed E-state index contributed by atoms with van der Waals surface area (Å²) in [6.07, 6.45) is 0. The molecule has 0 aliphatic heterocycles. The van der Waals surface area contributed by atoms with Gasteiger partial charge < -0.3 is 4.74 Å². The Morgan fingerprint density at radius 3 is 2.50 bits per heavy atom. The Morgan fingerprint density at radius 1 is 1.44 bits per heavy atom. The van der Waals surface area contributed by atoms with E-state index in [2.05, 4.69) is 22.0 Å². The van der Waals surface area contributed by atoms with Crippen LogP contribution >= 0.6 is 15.9 Å². The van der Waals surface area contributed by atoms with E-state index in [-0.39, 0.29) is 16.5 Å². The van der Waals surface area contributed by atoms with Crippen molar-refractivity contribution in [2.24, 2.45) is 0 Å². The van der Waals surface area contributed by atoms with Gasteiger partial charge >= 0.3 is 0 Å². The summed E-state index contributed by atoms with van der Waals surface area (Å²) in [5.74, 6) is 1.20. The number of Topliss-reactive ketones (excluding diaryl/α,β-unsaturated/α-hetero) is 1. The topological polar surface area (TPSA) is 26.3 Å². The largest absolute Gasteiger partial charge is 0.496 e. The van der Waals surface area contributed by atoms with E-state index >= 15 is 0 Å². The second-order valence-electron chi connectivity index (χ2n) is 4.03. The molecule has 0 fully saturated rings. The van der Waals surface area contributed by atoms with E-state index in [0.717, 1.165) is 16.9 Å². The van der Waals surface area contributed by atoms with E-state index in [1.165, 1.54) is 0 Å². The minimum atomic E-state index is -0.125. The number of carbonyl (C=O) groups is 1. The lowest BCUT2D eigenvalue weighted by Crippen LogP contribution is -2.17. The molecule has 0 spiro atoms. The molecule has 0 aromatic heterocycles. The van der Waals surface area contributed by atoms with Crippen LogP contribution in [0.15, 0.2) is 18.2 Å². The Kier molecular flexibility index (Phi) is 4.54. The third-order valence-corrected chi connectivity index (χ3v) is 4.21. The summed E-state index contributed by atoms with van der Waals surface area (Å²) in [5.41, 5.74) is 2.24. The highest BCUT2D eigenvalue weighted by Gasteiger charge is 2.20. The van der Waals surface area contributed by atoms with E-state index in [4.69, 9.17) is 4.74 Å². The van der Waals surface area contributed by atoms with E-state index < -0.39 is 0 Å². The van der Waals surface area contributed by atoms with Gasteiger partial charge in [0.25, 0.3) is 0 Å². The number of aryl methyl sites for hydroxylation is 1. The number of ether oxygens (including phenoxy) is 1. The monoisotopic (exact) mass is 284 g/mol. The number of alkyl halides is 1. The predicted octanol–water partition coefficient (Wildman–Crippen LogP) is 3.46. The van der Waals surface area contributed by atoms with Gasteiger partial charge in [0.2, 0.25) is 0 Å². The Hall–Kier alpha value is -0.830. The zero-order valence-electron chi connectivity index (χ0n) is 10.1. The fourth-order valence-corrected chi connectivity index (χ4v) is 2.01. The Morgan fingerprint density at radius 2 is 2.06 bits per heavy atom. The van der Waals surface area contributed by atoms with Crippen LogP contribution in [-0.4, -0.2) is 17.7 Å². The van der Waals surface area contributed by atoms with Gasteiger partial charge in [-0.05, 0) is 31.0 Å². The highest BCUT2D eigenvalue weighted by Crippen LogP contribution is 2.28. The summed E-state index contributed by atoms with van der Waals surface area (Å²) in [5, 5.41) is 0. The fourth-order valence-electron chi connectivity index (χ4n) is 1.71. The van der Waals surface area contributed by atoms with E-state index in [9.17, 15) is 4.79 Å². The highest BCUT2D eigenvalue weighted by atomic mass is 79.9. The van der Waals surface area contributed by atoms with Gasteiger partial charge in [0.15, 0.2) is 0 Å². The fraction of sp³-hybridized carbons (Fsp3) is 0.462. The first-order valence-electron chi connectivity index (χ1n) is 5.26. The smallest absolute Gasteiger partial charge is 0.144 e. The first-order valence-corrected chi connectivity index (χ1v) is 6.18. The second kappa shape index (κ2) is 5.48. The van der Waals surface area contributed by atoms with Crippen molar-refractivity contribution in [3.05, 3.63) is 29.3 Å². The molecule has 1 aromatic carbocycles. The predicted molar refractivity (Wildman–Crippen MR) is 69.5 cm³/mol. The molecule has 0 heterocycles. The summed E-state index contributed by atoms with van der Waals surface area (Å²) in [7, 11) is 1.66. The van der Waals surface area contributed by atoms with E-state index in [1.54, 1.807) is 14.0 Å². The molecule has 0 saturated heterocycles. The van der Waals surface area contributed by atoms with Crippen LogP contribution in [0.5, 0.6) is 5.75 Å². The third kappa shape index (κ3) is 2.85. The summed E-state index contributed by atoms with van der Waals surface area (Å²) < 4.78 is 5.21. The lowest BCUT2D eigenvalue weighted by Gasteiger charge is -2.17. The minimum absolute atomic E-state index is 0.125. The van der Waals surface area contributed by atoms with Crippen molar-refractivity contribution in [2.45, 2.75) is 31.5 Å². The number of benzene rings is 1. The van der Waals surface area contributed by atoms with E-state index in [1.807, 2.05) is 26.0 Å². The molecule has 0 aliphatic rings. The van der Waals surface area contributed by atoms with Crippen molar-refractivity contribution in [1.82, 2.24) is 0 Å². The Labute approximate surface area is 105 Å². The van der Waals surface area contributed by atoms with Crippen LogP contribution in [0.1, 0.15) is 30.9 Å². The van der Waals surface area contributed by atoms with Crippen LogP contribution in [0.2, 0.25) is 0 Å². The molecule has 2 unspecified atom stereocenters. The number of ketones is 1. The number of halogens is 1. The van der Waals surface area contributed by atoms with Crippen molar-refractivity contribution in [2.75, 3.05) is 7.11 Å².